The molecule has 0 radical (unpaired) electrons. The molecule has 17 heavy (non-hydrogen) atoms. The third-order valence-electron chi connectivity index (χ3n) is 3.06. The van der Waals surface area contributed by atoms with Crippen LogP contribution >= 0.6 is 0 Å². The molecule has 1 amide bonds. The molecule has 2 aromatic rings. The number of imidazole rings is 1. The van der Waals surface area contributed by atoms with Gasteiger partial charge in [0.25, 0.3) is 0 Å². The quantitative estimate of drug-likeness (QED) is 0.769. The van der Waals surface area contributed by atoms with E-state index >= 15 is 0 Å². The Morgan fingerprint density at radius 2 is 2.29 bits per heavy atom. The van der Waals surface area contributed by atoms with E-state index < -0.39 is 0 Å². The first-order chi connectivity index (χ1) is 8.15. The Kier molecular flexibility index (Phi) is 1.95. The van der Waals surface area contributed by atoms with Crippen molar-refractivity contribution in [2.75, 3.05) is 17.7 Å². The summed E-state index contributed by atoms with van der Waals surface area (Å²) in [5.41, 5.74) is 9.43. The Morgan fingerprint density at radius 3 is 3.00 bits per heavy atom. The Hall–Kier alpha value is -2.30. The zero-order chi connectivity index (χ0) is 12.0. The smallest absolute Gasteiger partial charge is 0.231 e. The van der Waals surface area contributed by atoms with Gasteiger partial charge in [-0.05, 0) is 17.7 Å². The summed E-state index contributed by atoms with van der Waals surface area (Å²) >= 11 is 0. The molecule has 3 N–H and O–H groups in total. The van der Waals surface area contributed by atoms with Crippen LogP contribution in [-0.2, 0) is 11.2 Å². The second-order valence-electron chi connectivity index (χ2n) is 4.16. The molecule has 5 nitrogen and oxygen atoms in total. The monoisotopic (exact) mass is 228 g/mol. The fourth-order valence-electron chi connectivity index (χ4n) is 2.12. The van der Waals surface area contributed by atoms with Crippen LogP contribution in [0.15, 0.2) is 24.4 Å². The van der Waals surface area contributed by atoms with Gasteiger partial charge in [-0.15, -0.1) is 0 Å². The van der Waals surface area contributed by atoms with Crippen LogP contribution in [0.3, 0.4) is 0 Å². The van der Waals surface area contributed by atoms with E-state index in [1.807, 2.05) is 18.2 Å². The zero-order valence-electron chi connectivity index (χ0n) is 9.40. The van der Waals surface area contributed by atoms with Crippen LogP contribution in [0.25, 0.3) is 11.3 Å². The number of nitrogens with zero attached hydrogens (tertiary/aromatic N) is 2. The summed E-state index contributed by atoms with van der Waals surface area (Å²) in [6.07, 6.45) is 2.15. The molecular formula is C12H12N4O. The van der Waals surface area contributed by atoms with Crippen LogP contribution in [0.1, 0.15) is 5.56 Å². The molecule has 1 aliphatic heterocycles. The summed E-state index contributed by atoms with van der Waals surface area (Å²) in [6.45, 7) is 0. The lowest BCUT2D eigenvalue weighted by molar-refractivity contribution is -0.117. The van der Waals surface area contributed by atoms with Crippen molar-refractivity contribution in [3.8, 4) is 11.3 Å². The van der Waals surface area contributed by atoms with Gasteiger partial charge in [-0.25, -0.2) is 4.98 Å². The average Bonchev–Trinajstić information content (AvgIpc) is 2.85. The summed E-state index contributed by atoms with van der Waals surface area (Å²) in [7, 11) is 1.79. The summed E-state index contributed by atoms with van der Waals surface area (Å²) < 4.78 is 0. The van der Waals surface area contributed by atoms with Crippen LogP contribution in [0.2, 0.25) is 0 Å². The first kappa shape index (κ1) is 9.89. The molecule has 5 heteroatoms. The third kappa shape index (κ3) is 1.47. The van der Waals surface area contributed by atoms with E-state index in [0.29, 0.717) is 12.4 Å². The highest BCUT2D eigenvalue weighted by Crippen LogP contribution is 2.31. The standard InChI is InChI=1S/C12H12N4O/c1-16-10-3-2-7(4-8(10)5-11(16)17)9-6-14-12(13)15-9/h2-4,6H,5H2,1H3,(H3,13,14,15). The Morgan fingerprint density at radius 1 is 1.47 bits per heavy atom. The normalized spacial score (nSPS) is 14.2. The number of aromatic nitrogens is 2. The molecule has 0 atom stereocenters. The number of H-pyrrole nitrogens is 1. The third-order valence-corrected chi connectivity index (χ3v) is 3.06. The van der Waals surface area contributed by atoms with Crippen molar-refractivity contribution in [2.24, 2.45) is 0 Å². The molecule has 0 unspecified atom stereocenters. The predicted molar refractivity (Wildman–Crippen MR) is 65.6 cm³/mol. The Bertz CT molecular complexity index is 602. The number of nitrogen functional groups attached to an aromatic ring is 1. The number of hydrogen-bond donors (Lipinski definition) is 2. The van der Waals surface area contributed by atoms with Crippen molar-refractivity contribution >= 4 is 17.5 Å². The van der Waals surface area contributed by atoms with Gasteiger partial charge >= 0.3 is 0 Å². The lowest BCUT2D eigenvalue weighted by atomic mass is 10.1. The van der Waals surface area contributed by atoms with E-state index in [-0.39, 0.29) is 5.91 Å². The van der Waals surface area contributed by atoms with Gasteiger partial charge in [-0.1, -0.05) is 6.07 Å². The van der Waals surface area contributed by atoms with Gasteiger partial charge < -0.3 is 15.6 Å². The van der Waals surface area contributed by atoms with Crippen molar-refractivity contribution in [3.63, 3.8) is 0 Å². The molecule has 86 valence electrons. The predicted octanol–water partition coefficient (Wildman–Crippen LogP) is 1.18. The lowest BCUT2D eigenvalue weighted by Gasteiger charge is -2.09. The zero-order valence-corrected chi connectivity index (χ0v) is 9.40. The fraction of sp³-hybridized carbons (Fsp3) is 0.167. The minimum absolute atomic E-state index is 0.126. The van der Waals surface area contributed by atoms with Crippen molar-refractivity contribution in [1.29, 1.82) is 0 Å². The first-order valence-corrected chi connectivity index (χ1v) is 5.35. The van der Waals surface area contributed by atoms with Gasteiger partial charge in [-0.2, -0.15) is 0 Å². The SMILES string of the molecule is CN1C(=O)Cc2cc(-c3cnc(N)[nH]3)ccc21. The molecule has 0 spiro atoms. The number of nitrogens with one attached hydrogen (secondary N) is 1. The second kappa shape index (κ2) is 3.35. The number of nitrogens with two attached hydrogens (primary N) is 1. The van der Waals surface area contributed by atoms with E-state index in [4.69, 9.17) is 5.73 Å². The molecule has 1 aromatic carbocycles. The summed E-state index contributed by atoms with van der Waals surface area (Å²) in [5.74, 6) is 0.523. The molecule has 0 saturated carbocycles. The largest absolute Gasteiger partial charge is 0.369 e. The number of amides is 1. The van der Waals surface area contributed by atoms with Crippen LogP contribution < -0.4 is 10.6 Å². The second-order valence-corrected chi connectivity index (χ2v) is 4.16. The molecule has 1 aromatic heterocycles. The highest BCUT2D eigenvalue weighted by molar-refractivity contribution is 6.01. The maximum Gasteiger partial charge on any atom is 0.231 e. The van der Waals surface area contributed by atoms with Crippen molar-refractivity contribution in [2.45, 2.75) is 6.42 Å². The van der Waals surface area contributed by atoms with Crippen molar-refractivity contribution < 1.29 is 4.79 Å². The Labute approximate surface area is 98.3 Å². The molecule has 0 bridgehead atoms. The van der Waals surface area contributed by atoms with E-state index in [1.54, 1.807) is 18.1 Å². The number of aromatic amines is 1. The maximum atomic E-state index is 11.6. The number of fused-ring (bicyclic) bond motifs is 1. The Balaban J connectivity index is 2.06. The van der Waals surface area contributed by atoms with Gasteiger partial charge in [0.05, 0.1) is 18.3 Å². The van der Waals surface area contributed by atoms with Gasteiger partial charge in [0.1, 0.15) is 0 Å². The summed E-state index contributed by atoms with van der Waals surface area (Å²) in [6, 6.07) is 5.91. The van der Waals surface area contributed by atoms with Gasteiger partial charge in [0.2, 0.25) is 5.91 Å². The van der Waals surface area contributed by atoms with Crippen molar-refractivity contribution in [1.82, 2.24) is 9.97 Å². The van der Waals surface area contributed by atoms with E-state index in [2.05, 4.69) is 9.97 Å². The molecule has 0 fully saturated rings. The minimum Gasteiger partial charge on any atom is -0.369 e. The molecule has 0 saturated heterocycles. The van der Waals surface area contributed by atoms with E-state index in [9.17, 15) is 4.79 Å². The van der Waals surface area contributed by atoms with Crippen LogP contribution in [0.5, 0.6) is 0 Å². The fourth-order valence-corrected chi connectivity index (χ4v) is 2.12. The molecule has 2 heterocycles. The number of carbonyl (C=O) groups is 1. The lowest BCUT2D eigenvalue weighted by Crippen LogP contribution is -2.20. The van der Waals surface area contributed by atoms with Crippen LogP contribution in [-0.4, -0.2) is 22.9 Å². The molecular weight excluding hydrogens is 216 g/mol. The van der Waals surface area contributed by atoms with Gasteiger partial charge in [0.15, 0.2) is 5.95 Å². The molecule has 3 rings (SSSR count). The summed E-state index contributed by atoms with van der Waals surface area (Å²) in [4.78, 5) is 20.2. The summed E-state index contributed by atoms with van der Waals surface area (Å²) in [5, 5.41) is 0. The minimum atomic E-state index is 0.126. The first-order valence-electron chi connectivity index (χ1n) is 5.35. The highest BCUT2D eigenvalue weighted by atomic mass is 16.2. The van der Waals surface area contributed by atoms with Crippen molar-refractivity contribution in [3.05, 3.63) is 30.0 Å². The van der Waals surface area contributed by atoms with E-state index in [1.165, 1.54) is 0 Å². The molecule has 0 aliphatic carbocycles. The number of likely N-dealkylation sites (N-methyl/N-ethyl adjacent to an activating group) is 1. The van der Waals surface area contributed by atoms with Gasteiger partial charge in [0, 0.05) is 18.3 Å². The number of rotatable bonds is 1. The maximum absolute atomic E-state index is 11.6. The topological polar surface area (TPSA) is 75.0 Å². The average molecular weight is 228 g/mol. The molecule has 1 aliphatic rings. The van der Waals surface area contributed by atoms with E-state index in [0.717, 1.165) is 22.5 Å². The number of hydrogen-bond acceptors (Lipinski definition) is 3. The van der Waals surface area contributed by atoms with Crippen LogP contribution in [0, 0.1) is 0 Å². The number of anilines is 2. The van der Waals surface area contributed by atoms with Gasteiger partial charge in [-0.3, -0.25) is 4.79 Å². The highest BCUT2D eigenvalue weighted by Gasteiger charge is 2.24. The number of benzene rings is 1. The number of carbonyl (C=O) groups excluding carboxylic acids is 1. The van der Waals surface area contributed by atoms with Crippen LogP contribution in [0.4, 0.5) is 11.6 Å².